The molecule has 9 heavy (non-hydrogen) atoms. The van der Waals surface area contributed by atoms with E-state index in [0.717, 1.165) is 11.8 Å². The van der Waals surface area contributed by atoms with Crippen molar-refractivity contribution in [3.63, 3.8) is 0 Å². The van der Waals surface area contributed by atoms with Crippen molar-refractivity contribution in [1.82, 2.24) is 0 Å². The monoisotopic (exact) mass is 126 g/mol. The fourth-order valence-electron chi connectivity index (χ4n) is 1.12. The molecule has 0 saturated heterocycles. The molecule has 0 bridgehead atoms. The molecule has 0 heteroatoms. The van der Waals surface area contributed by atoms with Crippen molar-refractivity contribution in [3.05, 3.63) is 6.42 Å². The van der Waals surface area contributed by atoms with Crippen LogP contribution in [0.5, 0.6) is 0 Å². The van der Waals surface area contributed by atoms with Gasteiger partial charge in [0.2, 0.25) is 0 Å². The second-order valence-corrected chi connectivity index (χ2v) is 2.93. The summed E-state index contributed by atoms with van der Waals surface area (Å²) in [6, 6.07) is 0. The zero-order valence-electron chi connectivity index (χ0n) is 7.07. The van der Waals surface area contributed by atoms with Crippen molar-refractivity contribution in [2.24, 2.45) is 11.8 Å². The molecule has 0 nitrogen and oxygen atoms in total. The third-order valence-corrected chi connectivity index (χ3v) is 1.78. The number of hydrogen-bond acceptors (Lipinski definition) is 0. The van der Waals surface area contributed by atoms with Gasteiger partial charge in [-0.2, -0.15) is 0 Å². The summed E-state index contributed by atoms with van der Waals surface area (Å²) in [5.41, 5.74) is 0. The second kappa shape index (κ2) is 4.84. The van der Waals surface area contributed by atoms with Gasteiger partial charge in [0.1, 0.15) is 0 Å². The van der Waals surface area contributed by atoms with Gasteiger partial charge in [-0.25, -0.2) is 0 Å². The van der Waals surface area contributed by atoms with Gasteiger partial charge < -0.3 is 0 Å². The molecular formula is C9H18. The summed E-state index contributed by atoms with van der Waals surface area (Å²) >= 11 is 0. The van der Waals surface area contributed by atoms with Crippen LogP contribution < -0.4 is 0 Å². The van der Waals surface area contributed by atoms with Crippen LogP contribution in [0.3, 0.4) is 0 Å². The first-order valence-electron chi connectivity index (χ1n) is 3.89. The summed E-state index contributed by atoms with van der Waals surface area (Å²) < 4.78 is 0. The topological polar surface area (TPSA) is 0 Å². The van der Waals surface area contributed by atoms with Gasteiger partial charge in [-0.05, 0) is 24.7 Å². The maximum absolute atomic E-state index is 3.30. The lowest BCUT2D eigenvalue weighted by molar-refractivity contribution is 0.406. The van der Waals surface area contributed by atoms with E-state index in [2.05, 4.69) is 27.2 Å². The maximum Gasteiger partial charge on any atom is -0.0171 e. The molecule has 0 saturated carbocycles. The molecular weight excluding hydrogens is 108 g/mol. The zero-order valence-corrected chi connectivity index (χ0v) is 7.07. The highest BCUT2D eigenvalue weighted by atomic mass is 14.1. The molecule has 0 aromatic carbocycles. The molecule has 0 spiro atoms. The molecule has 0 heterocycles. The summed E-state index contributed by atoms with van der Waals surface area (Å²) in [5.74, 6) is 1.49. The molecule has 0 aliphatic heterocycles. The van der Waals surface area contributed by atoms with Crippen molar-refractivity contribution < 1.29 is 0 Å². The largest absolute Gasteiger partial charge is 0.0654 e. The van der Waals surface area contributed by atoms with Gasteiger partial charge in [-0.15, -0.1) is 0 Å². The van der Waals surface area contributed by atoms with E-state index in [9.17, 15) is 0 Å². The third kappa shape index (κ3) is 3.56. The maximum atomic E-state index is 3.30. The number of hydrogen-bond donors (Lipinski definition) is 0. The Morgan fingerprint density at radius 2 is 1.89 bits per heavy atom. The second-order valence-electron chi connectivity index (χ2n) is 2.93. The average molecular weight is 126 g/mol. The molecule has 54 valence electrons. The smallest absolute Gasteiger partial charge is 0.0171 e. The molecule has 0 aromatic rings. The quantitative estimate of drug-likeness (QED) is 0.542. The van der Waals surface area contributed by atoms with E-state index >= 15 is 0 Å². The number of rotatable bonds is 4. The predicted octanol–water partition coefficient (Wildman–Crippen LogP) is 3.16. The van der Waals surface area contributed by atoms with E-state index in [-0.39, 0.29) is 0 Å². The van der Waals surface area contributed by atoms with E-state index < -0.39 is 0 Å². The molecule has 1 atom stereocenters. The van der Waals surface area contributed by atoms with Crippen molar-refractivity contribution in [2.75, 3.05) is 0 Å². The van der Waals surface area contributed by atoms with Gasteiger partial charge in [0, 0.05) is 0 Å². The first kappa shape index (κ1) is 9.00. The Kier molecular flexibility index (Phi) is 4.84. The molecule has 2 radical (unpaired) electrons. The minimum Gasteiger partial charge on any atom is -0.0654 e. The van der Waals surface area contributed by atoms with Gasteiger partial charge in [-0.3, -0.25) is 0 Å². The van der Waals surface area contributed by atoms with Crippen LogP contribution in [-0.4, -0.2) is 0 Å². The Morgan fingerprint density at radius 1 is 1.33 bits per heavy atom. The minimum absolute atomic E-state index is 0.718. The third-order valence-electron chi connectivity index (χ3n) is 1.78. The zero-order chi connectivity index (χ0) is 7.28. The van der Waals surface area contributed by atoms with Crippen molar-refractivity contribution >= 4 is 0 Å². The van der Waals surface area contributed by atoms with Crippen LogP contribution in [0.4, 0.5) is 0 Å². The van der Waals surface area contributed by atoms with Crippen LogP contribution in [-0.2, 0) is 0 Å². The van der Waals surface area contributed by atoms with Crippen LogP contribution in [0.25, 0.3) is 0 Å². The Bertz CT molecular complexity index is 55.1. The molecule has 1 unspecified atom stereocenters. The lowest BCUT2D eigenvalue weighted by Crippen LogP contribution is -2.06. The highest BCUT2D eigenvalue weighted by Gasteiger charge is 2.08. The van der Waals surface area contributed by atoms with Crippen LogP contribution in [0, 0.1) is 18.3 Å². The molecule has 0 aromatic heterocycles. The van der Waals surface area contributed by atoms with Crippen LogP contribution in [0.15, 0.2) is 0 Å². The van der Waals surface area contributed by atoms with E-state index in [1.165, 1.54) is 12.8 Å². The van der Waals surface area contributed by atoms with E-state index in [1.54, 1.807) is 0 Å². The Hall–Kier alpha value is 0. The van der Waals surface area contributed by atoms with Gasteiger partial charge >= 0.3 is 0 Å². The summed E-state index contributed by atoms with van der Waals surface area (Å²) in [4.78, 5) is 0. The highest BCUT2D eigenvalue weighted by molar-refractivity contribution is 4.73. The Labute approximate surface area is 59.7 Å². The van der Waals surface area contributed by atoms with Gasteiger partial charge in [0.05, 0.1) is 0 Å². The average Bonchev–Trinajstić information content (AvgIpc) is 1.82. The van der Waals surface area contributed by atoms with Crippen LogP contribution in [0.2, 0.25) is 0 Å². The first-order chi connectivity index (χ1) is 4.22. The molecule has 0 N–H and O–H groups in total. The van der Waals surface area contributed by atoms with Gasteiger partial charge in [-0.1, -0.05) is 34.1 Å². The van der Waals surface area contributed by atoms with Crippen LogP contribution in [0.1, 0.15) is 40.5 Å². The summed E-state index contributed by atoms with van der Waals surface area (Å²) in [5, 5.41) is 0. The van der Waals surface area contributed by atoms with Gasteiger partial charge in [0.25, 0.3) is 0 Å². The Morgan fingerprint density at radius 3 is 2.00 bits per heavy atom. The molecule has 0 aliphatic rings. The van der Waals surface area contributed by atoms with Crippen molar-refractivity contribution in [1.29, 1.82) is 0 Å². The van der Waals surface area contributed by atoms with Crippen molar-refractivity contribution in [3.8, 4) is 0 Å². The lowest BCUT2D eigenvalue weighted by Gasteiger charge is -2.16. The standard InChI is InChI=1S/C9H18/c1-5-7-9(6-2)8(3)4/h8-9H,5,7H2,1-4H3. The fourth-order valence-corrected chi connectivity index (χ4v) is 1.12. The Balaban J connectivity index is 3.41. The molecule has 0 rings (SSSR count). The summed E-state index contributed by atoms with van der Waals surface area (Å²) in [6.07, 6.45) is 5.88. The van der Waals surface area contributed by atoms with E-state index in [1.807, 2.05) is 6.92 Å². The SMILES string of the molecule is C[C]C(CCC)C(C)C. The van der Waals surface area contributed by atoms with E-state index in [4.69, 9.17) is 0 Å². The van der Waals surface area contributed by atoms with E-state index in [0.29, 0.717) is 0 Å². The molecule has 0 fully saturated rings. The molecule has 0 aliphatic carbocycles. The summed E-state index contributed by atoms with van der Waals surface area (Å²) in [7, 11) is 0. The lowest BCUT2D eigenvalue weighted by atomic mass is 9.89. The molecule has 0 amide bonds. The van der Waals surface area contributed by atoms with Crippen molar-refractivity contribution in [2.45, 2.75) is 40.5 Å². The summed E-state index contributed by atoms with van der Waals surface area (Å²) in [6.45, 7) is 8.79. The predicted molar refractivity (Wildman–Crippen MR) is 42.2 cm³/mol. The van der Waals surface area contributed by atoms with Crippen LogP contribution >= 0.6 is 0 Å². The minimum atomic E-state index is 0.718. The highest BCUT2D eigenvalue weighted by Crippen LogP contribution is 2.18. The first-order valence-corrected chi connectivity index (χ1v) is 3.89. The fraction of sp³-hybridized carbons (Fsp3) is 0.889. The normalized spacial score (nSPS) is 14.3. The van der Waals surface area contributed by atoms with Gasteiger partial charge in [0.15, 0.2) is 0 Å².